The van der Waals surface area contributed by atoms with E-state index in [9.17, 15) is 5.11 Å². The quantitative estimate of drug-likeness (QED) is 0.752. The van der Waals surface area contributed by atoms with Crippen molar-refractivity contribution in [2.45, 2.75) is 38.8 Å². The van der Waals surface area contributed by atoms with Crippen molar-refractivity contribution in [1.82, 2.24) is 15.5 Å². The summed E-state index contributed by atoms with van der Waals surface area (Å²) in [5, 5.41) is 16.5. The molecule has 2 unspecified atom stereocenters. The Kier molecular flexibility index (Phi) is 2.75. The van der Waals surface area contributed by atoms with Crippen LogP contribution in [0.15, 0.2) is 10.9 Å². The molecule has 2 rings (SSSR count). The minimum absolute atomic E-state index is 0.0190. The molecule has 2 atom stereocenters. The van der Waals surface area contributed by atoms with Crippen LogP contribution in [0.25, 0.3) is 0 Å². The molecule has 0 aliphatic heterocycles. The van der Waals surface area contributed by atoms with Crippen molar-refractivity contribution in [3.63, 3.8) is 0 Å². The molecule has 0 spiro atoms. The monoisotopic (exact) mass is 211 g/mol. The fraction of sp³-hybridized carbons (Fsp3) is 0.800. The smallest absolute Gasteiger partial charge is 0.227 e. The molecule has 1 fully saturated rings. The number of rotatable bonds is 4. The first-order valence-corrected chi connectivity index (χ1v) is 5.27. The average molecular weight is 211 g/mol. The maximum atomic E-state index is 9.55. The van der Waals surface area contributed by atoms with Gasteiger partial charge in [-0.15, -0.1) is 0 Å². The number of hydrogen-bond acceptors (Lipinski definition) is 5. The fourth-order valence-electron chi connectivity index (χ4n) is 1.91. The van der Waals surface area contributed by atoms with E-state index in [2.05, 4.69) is 29.3 Å². The first-order valence-electron chi connectivity index (χ1n) is 5.27. The van der Waals surface area contributed by atoms with E-state index in [1.165, 1.54) is 6.33 Å². The maximum Gasteiger partial charge on any atom is 0.227 e. The van der Waals surface area contributed by atoms with Crippen LogP contribution < -0.4 is 5.32 Å². The van der Waals surface area contributed by atoms with Gasteiger partial charge in [0.05, 0.1) is 6.10 Å². The van der Waals surface area contributed by atoms with Gasteiger partial charge in [-0.05, 0) is 6.42 Å². The minimum Gasteiger partial charge on any atom is -0.392 e. The predicted octanol–water partition coefficient (Wildman–Crippen LogP) is 0.361. The van der Waals surface area contributed by atoms with Crippen LogP contribution >= 0.6 is 0 Å². The number of aliphatic hydroxyl groups excluding tert-OH is 1. The third kappa shape index (κ3) is 2.03. The molecule has 5 heteroatoms. The van der Waals surface area contributed by atoms with E-state index < -0.39 is 0 Å². The third-order valence-electron chi connectivity index (χ3n) is 3.35. The Bertz CT molecular complexity index is 310. The van der Waals surface area contributed by atoms with Gasteiger partial charge in [-0.1, -0.05) is 19.0 Å². The summed E-state index contributed by atoms with van der Waals surface area (Å²) in [6.45, 7) is 4.96. The highest BCUT2D eigenvalue weighted by atomic mass is 16.5. The van der Waals surface area contributed by atoms with Gasteiger partial charge in [-0.3, -0.25) is 0 Å². The maximum absolute atomic E-state index is 9.55. The van der Waals surface area contributed by atoms with Crippen LogP contribution in [0.3, 0.4) is 0 Å². The molecule has 1 heterocycles. The highest BCUT2D eigenvalue weighted by Gasteiger charge is 2.46. The number of aliphatic hydroxyl groups is 1. The average Bonchev–Trinajstić information content (AvgIpc) is 2.69. The van der Waals surface area contributed by atoms with E-state index in [1.54, 1.807) is 0 Å². The van der Waals surface area contributed by atoms with Gasteiger partial charge >= 0.3 is 0 Å². The molecule has 0 amide bonds. The number of hydrogen-bond donors (Lipinski definition) is 2. The van der Waals surface area contributed by atoms with Gasteiger partial charge in [-0.2, -0.15) is 4.98 Å². The summed E-state index contributed by atoms with van der Waals surface area (Å²) in [5.74, 6) is 0.653. The molecule has 0 aromatic carbocycles. The summed E-state index contributed by atoms with van der Waals surface area (Å²) in [5.41, 5.74) is -0.0190. The Labute approximate surface area is 88.9 Å². The van der Waals surface area contributed by atoms with Crippen molar-refractivity contribution >= 4 is 0 Å². The van der Waals surface area contributed by atoms with Gasteiger partial charge < -0.3 is 14.9 Å². The van der Waals surface area contributed by atoms with Gasteiger partial charge in [-0.25, -0.2) is 0 Å². The molecule has 1 aromatic heterocycles. The first kappa shape index (κ1) is 10.6. The molecule has 1 aliphatic rings. The van der Waals surface area contributed by atoms with Crippen molar-refractivity contribution in [1.29, 1.82) is 0 Å². The Morgan fingerprint density at radius 1 is 1.67 bits per heavy atom. The SMILES string of the molecule is CC1(C)C(O)CC1NCCc1ncno1. The second-order valence-electron chi connectivity index (χ2n) is 4.66. The lowest BCUT2D eigenvalue weighted by atomic mass is 9.64. The Morgan fingerprint density at radius 2 is 2.47 bits per heavy atom. The number of nitrogens with zero attached hydrogens (tertiary/aromatic N) is 2. The molecule has 0 bridgehead atoms. The summed E-state index contributed by atoms with van der Waals surface area (Å²) in [4.78, 5) is 3.94. The van der Waals surface area contributed by atoms with Crippen molar-refractivity contribution in [2.75, 3.05) is 6.54 Å². The van der Waals surface area contributed by atoms with E-state index in [4.69, 9.17) is 4.52 Å². The van der Waals surface area contributed by atoms with Crippen LogP contribution in [-0.2, 0) is 6.42 Å². The Hall–Kier alpha value is -0.940. The van der Waals surface area contributed by atoms with E-state index in [0.717, 1.165) is 19.4 Å². The molecule has 1 aromatic rings. The minimum atomic E-state index is -0.182. The summed E-state index contributed by atoms with van der Waals surface area (Å²) in [7, 11) is 0. The zero-order chi connectivity index (χ0) is 10.9. The number of nitrogens with one attached hydrogen (secondary N) is 1. The zero-order valence-electron chi connectivity index (χ0n) is 9.10. The van der Waals surface area contributed by atoms with Crippen molar-refractivity contribution in [2.24, 2.45) is 5.41 Å². The summed E-state index contributed by atoms with van der Waals surface area (Å²) < 4.78 is 4.89. The van der Waals surface area contributed by atoms with Gasteiger partial charge in [0, 0.05) is 24.4 Å². The second-order valence-corrected chi connectivity index (χ2v) is 4.66. The third-order valence-corrected chi connectivity index (χ3v) is 3.35. The van der Waals surface area contributed by atoms with E-state index in [1.807, 2.05) is 0 Å². The van der Waals surface area contributed by atoms with Crippen LogP contribution in [0.5, 0.6) is 0 Å². The van der Waals surface area contributed by atoms with E-state index >= 15 is 0 Å². The largest absolute Gasteiger partial charge is 0.392 e. The lowest BCUT2D eigenvalue weighted by Gasteiger charge is -2.49. The van der Waals surface area contributed by atoms with Crippen LogP contribution in [0.4, 0.5) is 0 Å². The molecule has 1 aliphatic carbocycles. The van der Waals surface area contributed by atoms with Crippen molar-refractivity contribution in [3.05, 3.63) is 12.2 Å². The lowest BCUT2D eigenvalue weighted by molar-refractivity contribution is -0.0721. The molecule has 5 nitrogen and oxygen atoms in total. The number of aromatic nitrogens is 2. The van der Waals surface area contributed by atoms with Crippen LogP contribution in [0.1, 0.15) is 26.2 Å². The lowest BCUT2D eigenvalue weighted by Crippen LogP contribution is -2.60. The van der Waals surface area contributed by atoms with E-state index in [-0.39, 0.29) is 11.5 Å². The molecule has 15 heavy (non-hydrogen) atoms. The van der Waals surface area contributed by atoms with Gasteiger partial charge in [0.25, 0.3) is 0 Å². The molecule has 84 valence electrons. The van der Waals surface area contributed by atoms with Crippen molar-refractivity contribution < 1.29 is 9.63 Å². The van der Waals surface area contributed by atoms with Crippen LogP contribution in [0, 0.1) is 5.41 Å². The second kappa shape index (κ2) is 3.90. The molecule has 0 saturated heterocycles. The van der Waals surface area contributed by atoms with Crippen LogP contribution in [-0.4, -0.2) is 33.9 Å². The van der Waals surface area contributed by atoms with Gasteiger partial charge in [0.1, 0.15) is 0 Å². The predicted molar refractivity (Wildman–Crippen MR) is 54.2 cm³/mol. The van der Waals surface area contributed by atoms with Crippen molar-refractivity contribution in [3.8, 4) is 0 Å². The van der Waals surface area contributed by atoms with Crippen LogP contribution in [0.2, 0.25) is 0 Å². The highest BCUT2D eigenvalue weighted by Crippen LogP contribution is 2.40. The highest BCUT2D eigenvalue weighted by molar-refractivity contribution is 5.01. The molecular weight excluding hydrogens is 194 g/mol. The first-order chi connectivity index (χ1) is 7.10. The van der Waals surface area contributed by atoms with Gasteiger partial charge in [0.15, 0.2) is 6.33 Å². The summed E-state index contributed by atoms with van der Waals surface area (Å²) >= 11 is 0. The molecule has 2 N–H and O–H groups in total. The zero-order valence-corrected chi connectivity index (χ0v) is 9.10. The fourth-order valence-corrected chi connectivity index (χ4v) is 1.91. The topological polar surface area (TPSA) is 71.2 Å². The molecular formula is C10H17N3O2. The van der Waals surface area contributed by atoms with E-state index in [0.29, 0.717) is 11.9 Å². The Balaban J connectivity index is 1.71. The molecule has 0 radical (unpaired) electrons. The summed E-state index contributed by atoms with van der Waals surface area (Å²) in [6, 6.07) is 0.385. The molecule has 1 saturated carbocycles. The van der Waals surface area contributed by atoms with Gasteiger partial charge in [0.2, 0.25) is 5.89 Å². The Morgan fingerprint density at radius 3 is 3.00 bits per heavy atom. The summed E-state index contributed by atoms with van der Waals surface area (Å²) in [6.07, 6.45) is 2.80. The standard InChI is InChI=1S/C10H17N3O2/c1-10(2)7(5-8(10)14)11-4-3-9-12-6-13-15-9/h6-8,11,14H,3-5H2,1-2H3. The normalized spacial score (nSPS) is 28.7.